The molecule has 1 N–H and O–H groups in total. The van der Waals surface area contributed by atoms with E-state index in [1.807, 2.05) is 0 Å². The monoisotopic (exact) mass is 502 g/mol. The van der Waals surface area contributed by atoms with E-state index in [0.29, 0.717) is 24.0 Å². The molecule has 1 amide bonds. The number of rotatable bonds is 13. The summed E-state index contributed by atoms with van der Waals surface area (Å²) in [5.74, 6) is 1.53. The van der Waals surface area contributed by atoms with Crippen LogP contribution in [0.1, 0.15) is 84.5 Å². The second kappa shape index (κ2) is 13.7. The summed E-state index contributed by atoms with van der Waals surface area (Å²) in [5, 5.41) is 2.89. The fraction of sp³-hybridized carbons (Fsp3) is 0.821. The number of amides is 1. The van der Waals surface area contributed by atoms with E-state index in [-0.39, 0.29) is 13.9 Å². The first-order valence-corrected chi connectivity index (χ1v) is 14.4. The quantitative estimate of drug-likeness (QED) is 0.413. The van der Waals surface area contributed by atoms with Gasteiger partial charge in [0.05, 0.1) is 0 Å². The van der Waals surface area contributed by atoms with Crippen LogP contribution >= 0.6 is 0 Å². The van der Waals surface area contributed by atoms with E-state index in [9.17, 15) is 4.79 Å². The fourth-order valence-electron chi connectivity index (χ4n) is 6.25. The predicted molar refractivity (Wildman–Crippen MR) is 147 cm³/mol. The maximum Gasteiger partial charge on any atom is 0.245 e. The highest BCUT2D eigenvalue weighted by atomic mass is 16.5. The Bertz CT molecular complexity index is 788. The zero-order valence-corrected chi connectivity index (χ0v) is 22.8. The second-order valence-electron chi connectivity index (χ2n) is 11.3. The van der Waals surface area contributed by atoms with Gasteiger partial charge in [-0.3, -0.25) is 9.69 Å². The standard InChI is InChI=1S/C28H48N6O2.H2/c1-22(2)33-19-25-9-10-26(20-33)34(25)28-30-17-24(18-31-28)23-11-15-32(16-12-23)14-8-6-4-5-7-13-29-27(35)21-36-3;/h17-18,22-23,25-26H,4-16,19-21H2,1-3H3,(H,29,35);1H. The first-order valence-electron chi connectivity index (χ1n) is 14.4. The number of piperazine rings is 1. The van der Waals surface area contributed by atoms with Gasteiger partial charge < -0.3 is 19.9 Å². The van der Waals surface area contributed by atoms with E-state index >= 15 is 0 Å². The molecular weight excluding hydrogens is 452 g/mol. The number of unbranched alkanes of at least 4 members (excludes halogenated alkanes) is 4. The third kappa shape index (κ3) is 7.39. The molecule has 8 heteroatoms. The van der Waals surface area contributed by atoms with Crippen LogP contribution in [0.25, 0.3) is 0 Å². The van der Waals surface area contributed by atoms with Gasteiger partial charge >= 0.3 is 0 Å². The number of likely N-dealkylation sites (tertiary alicyclic amines) is 2. The number of ether oxygens (including phenoxy) is 1. The minimum Gasteiger partial charge on any atom is -0.375 e. The van der Waals surface area contributed by atoms with Crippen molar-refractivity contribution < 1.29 is 11.0 Å². The largest absolute Gasteiger partial charge is 0.375 e. The molecule has 3 aliphatic rings. The normalized spacial score (nSPS) is 23.5. The number of carbonyl (C=O) groups is 1. The lowest BCUT2D eigenvalue weighted by Gasteiger charge is -2.42. The Morgan fingerprint density at radius 1 is 1.03 bits per heavy atom. The summed E-state index contributed by atoms with van der Waals surface area (Å²) in [5.41, 5.74) is 1.32. The van der Waals surface area contributed by atoms with Gasteiger partial charge in [-0.15, -0.1) is 0 Å². The molecule has 0 aromatic carbocycles. The van der Waals surface area contributed by atoms with Crippen LogP contribution in [0.3, 0.4) is 0 Å². The zero-order valence-electron chi connectivity index (χ0n) is 22.8. The summed E-state index contributed by atoms with van der Waals surface area (Å²) in [6.45, 7) is 11.4. The molecule has 4 rings (SSSR count). The van der Waals surface area contributed by atoms with Crippen LogP contribution in [0.2, 0.25) is 0 Å². The van der Waals surface area contributed by atoms with E-state index in [1.54, 1.807) is 7.11 Å². The van der Waals surface area contributed by atoms with Gasteiger partial charge in [-0.2, -0.15) is 0 Å². The van der Waals surface area contributed by atoms with Crippen molar-refractivity contribution in [2.45, 2.75) is 95.7 Å². The molecule has 36 heavy (non-hydrogen) atoms. The van der Waals surface area contributed by atoms with Gasteiger partial charge in [-0.05, 0) is 83.5 Å². The van der Waals surface area contributed by atoms with Crippen molar-refractivity contribution in [3.8, 4) is 0 Å². The minimum absolute atomic E-state index is 0. The number of fused-ring (bicyclic) bond motifs is 2. The van der Waals surface area contributed by atoms with Crippen molar-refractivity contribution in [3.63, 3.8) is 0 Å². The highest BCUT2D eigenvalue weighted by molar-refractivity contribution is 5.77. The molecule has 2 unspecified atom stereocenters. The first kappa shape index (κ1) is 27.3. The number of nitrogens with zero attached hydrogens (tertiary/aromatic N) is 5. The SMILES string of the molecule is COCC(=O)NCCCCCCCN1CCC(c2cnc(N3C4CCC3CN(C(C)C)C4)nc2)CC1.[HH]. The summed E-state index contributed by atoms with van der Waals surface area (Å²) in [6, 6.07) is 1.76. The lowest BCUT2D eigenvalue weighted by Crippen LogP contribution is -2.56. The molecule has 0 radical (unpaired) electrons. The Hall–Kier alpha value is -1.77. The molecule has 1 aromatic rings. The van der Waals surface area contributed by atoms with Crippen molar-refractivity contribution in [2.24, 2.45) is 0 Å². The number of nitrogens with one attached hydrogen (secondary N) is 1. The summed E-state index contributed by atoms with van der Waals surface area (Å²) >= 11 is 0. The molecule has 4 heterocycles. The van der Waals surface area contributed by atoms with Gasteiger partial charge in [-0.25, -0.2) is 9.97 Å². The lowest BCUT2D eigenvalue weighted by molar-refractivity contribution is -0.124. The molecule has 0 saturated carbocycles. The Morgan fingerprint density at radius 2 is 1.67 bits per heavy atom. The van der Waals surface area contributed by atoms with Crippen LogP contribution in [0.15, 0.2) is 12.4 Å². The summed E-state index contributed by atoms with van der Waals surface area (Å²) in [4.78, 5) is 28.9. The van der Waals surface area contributed by atoms with Crippen LogP contribution in [-0.2, 0) is 9.53 Å². The van der Waals surface area contributed by atoms with Gasteiger partial charge in [0.25, 0.3) is 0 Å². The molecule has 204 valence electrons. The Morgan fingerprint density at radius 3 is 2.31 bits per heavy atom. The second-order valence-corrected chi connectivity index (χ2v) is 11.3. The zero-order chi connectivity index (χ0) is 25.3. The average molecular weight is 503 g/mol. The molecule has 1 aromatic heterocycles. The minimum atomic E-state index is -0.0181. The van der Waals surface area contributed by atoms with E-state index in [2.05, 4.69) is 46.3 Å². The number of hydrogen-bond acceptors (Lipinski definition) is 7. The van der Waals surface area contributed by atoms with E-state index < -0.39 is 0 Å². The summed E-state index contributed by atoms with van der Waals surface area (Å²) in [6.07, 6.45) is 15.2. The highest BCUT2D eigenvalue weighted by Crippen LogP contribution is 2.34. The number of aromatic nitrogens is 2. The molecule has 0 aliphatic carbocycles. The molecule has 3 fully saturated rings. The lowest BCUT2D eigenvalue weighted by atomic mass is 9.91. The van der Waals surface area contributed by atoms with Crippen molar-refractivity contribution >= 4 is 11.9 Å². The van der Waals surface area contributed by atoms with E-state index in [1.165, 1.54) is 76.6 Å². The summed E-state index contributed by atoms with van der Waals surface area (Å²) in [7, 11) is 1.55. The topological polar surface area (TPSA) is 73.8 Å². The van der Waals surface area contributed by atoms with Crippen LogP contribution < -0.4 is 10.2 Å². The Labute approximate surface area is 219 Å². The number of anilines is 1. The molecule has 2 bridgehead atoms. The van der Waals surface area contributed by atoms with Crippen molar-refractivity contribution in [3.05, 3.63) is 18.0 Å². The van der Waals surface area contributed by atoms with Gasteiger partial charge in [0.1, 0.15) is 6.61 Å². The van der Waals surface area contributed by atoms with Crippen LogP contribution in [0.5, 0.6) is 0 Å². The third-order valence-electron chi connectivity index (χ3n) is 8.44. The average Bonchev–Trinajstić information content (AvgIpc) is 3.14. The van der Waals surface area contributed by atoms with Gasteiger partial charge in [0.15, 0.2) is 0 Å². The number of methoxy groups -OCH3 is 1. The molecule has 3 aliphatic heterocycles. The highest BCUT2D eigenvalue weighted by Gasteiger charge is 2.41. The van der Waals surface area contributed by atoms with Crippen LogP contribution in [0, 0.1) is 0 Å². The van der Waals surface area contributed by atoms with Crippen LogP contribution in [0.4, 0.5) is 5.95 Å². The van der Waals surface area contributed by atoms with E-state index in [0.717, 1.165) is 32.0 Å². The predicted octanol–water partition coefficient (Wildman–Crippen LogP) is 3.68. The maximum absolute atomic E-state index is 11.3. The van der Waals surface area contributed by atoms with E-state index in [4.69, 9.17) is 14.7 Å². The third-order valence-corrected chi connectivity index (χ3v) is 8.44. The van der Waals surface area contributed by atoms with Gasteiger partial charge in [0.2, 0.25) is 11.9 Å². The maximum atomic E-state index is 11.3. The fourth-order valence-corrected chi connectivity index (χ4v) is 6.25. The van der Waals surface area contributed by atoms with Crippen LogP contribution in [-0.4, -0.2) is 96.8 Å². The van der Waals surface area contributed by atoms with Gasteiger partial charge in [-0.1, -0.05) is 19.3 Å². The van der Waals surface area contributed by atoms with Crippen molar-refractivity contribution in [1.29, 1.82) is 0 Å². The first-order chi connectivity index (χ1) is 17.5. The van der Waals surface area contributed by atoms with Crippen molar-refractivity contribution in [2.75, 3.05) is 57.9 Å². The van der Waals surface area contributed by atoms with Crippen molar-refractivity contribution in [1.82, 2.24) is 25.1 Å². The molecule has 8 nitrogen and oxygen atoms in total. The molecule has 3 saturated heterocycles. The Kier molecular flexibility index (Phi) is 10.4. The molecule has 0 spiro atoms. The Balaban J connectivity index is 0.00000380. The number of piperidine rings is 1. The smallest absolute Gasteiger partial charge is 0.245 e. The summed E-state index contributed by atoms with van der Waals surface area (Å²) < 4.78 is 4.82. The molecular formula is C28H50N6O2. The number of carbonyl (C=O) groups excluding carboxylic acids is 1. The van der Waals surface area contributed by atoms with Gasteiger partial charge in [0, 0.05) is 58.7 Å². The molecule has 2 atom stereocenters. The number of hydrogen-bond donors (Lipinski definition) is 1.